The van der Waals surface area contributed by atoms with Crippen LogP contribution in [0.25, 0.3) is 0 Å². The van der Waals surface area contributed by atoms with E-state index in [1.165, 1.54) is 18.2 Å². The van der Waals surface area contributed by atoms with Gasteiger partial charge in [-0.1, -0.05) is 11.6 Å². The summed E-state index contributed by atoms with van der Waals surface area (Å²) in [6.45, 7) is 5.98. The Labute approximate surface area is 156 Å². The van der Waals surface area contributed by atoms with Crippen LogP contribution in [-0.2, 0) is 14.3 Å². The average molecular weight is 389 g/mol. The molecule has 0 saturated carbocycles. The van der Waals surface area contributed by atoms with Gasteiger partial charge in [-0.3, -0.25) is 14.5 Å². The zero-order chi connectivity index (χ0) is 18.6. The van der Waals surface area contributed by atoms with Gasteiger partial charge in [-0.15, -0.1) is 0 Å². The topological polar surface area (TPSA) is 58.6 Å². The monoisotopic (exact) mass is 388 g/mol. The minimum atomic E-state index is -0.586. The number of nitrogens with zero attached hydrogens (tertiary/aromatic N) is 1. The minimum absolute atomic E-state index is 0.0174. The Bertz CT molecular complexity index is 651. The summed E-state index contributed by atoms with van der Waals surface area (Å²) in [5.74, 6) is 0.0740. The first-order valence-corrected chi connectivity index (χ1v) is 9.48. The predicted molar refractivity (Wildman–Crippen MR) is 98.6 cm³/mol. The summed E-state index contributed by atoms with van der Waals surface area (Å²) < 4.78 is 19.2. The van der Waals surface area contributed by atoms with Gasteiger partial charge in [0.1, 0.15) is 17.5 Å². The number of carbonyl (C=O) groups excluding carboxylic acids is 2. The second-order valence-electron chi connectivity index (χ2n) is 6.77. The van der Waals surface area contributed by atoms with Crippen LogP contribution in [0.4, 0.5) is 10.1 Å². The maximum Gasteiger partial charge on any atom is 0.324 e. The lowest BCUT2D eigenvalue weighted by atomic mass is 10.2. The van der Waals surface area contributed by atoms with Crippen LogP contribution < -0.4 is 5.32 Å². The van der Waals surface area contributed by atoms with E-state index in [2.05, 4.69) is 5.32 Å². The van der Waals surface area contributed by atoms with E-state index in [-0.39, 0.29) is 18.2 Å². The van der Waals surface area contributed by atoms with E-state index in [0.717, 1.165) is 5.75 Å². The van der Waals surface area contributed by atoms with Gasteiger partial charge in [0.2, 0.25) is 5.91 Å². The van der Waals surface area contributed by atoms with Crippen molar-refractivity contribution in [3.63, 3.8) is 0 Å². The zero-order valence-electron chi connectivity index (χ0n) is 14.5. The molecule has 1 N–H and O–H groups in total. The maximum atomic E-state index is 13.7. The number of rotatable bonds is 4. The molecule has 0 spiro atoms. The van der Waals surface area contributed by atoms with Gasteiger partial charge in [-0.05, 0) is 39.0 Å². The number of carbonyl (C=O) groups is 2. The van der Waals surface area contributed by atoms with Gasteiger partial charge < -0.3 is 10.1 Å². The van der Waals surface area contributed by atoms with Crippen molar-refractivity contribution in [1.82, 2.24) is 4.90 Å². The number of ether oxygens (including phenoxy) is 1. The van der Waals surface area contributed by atoms with E-state index in [9.17, 15) is 14.0 Å². The number of esters is 1. The van der Waals surface area contributed by atoms with Crippen molar-refractivity contribution in [3.8, 4) is 0 Å². The van der Waals surface area contributed by atoms with Crippen molar-refractivity contribution in [3.05, 3.63) is 29.0 Å². The lowest BCUT2D eigenvalue weighted by molar-refractivity contribution is -0.160. The molecule has 5 nitrogen and oxygen atoms in total. The molecule has 1 atom stereocenters. The number of benzene rings is 1. The minimum Gasteiger partial charge on any atom is -0.459 e. The fourth-order valence-corrected chi connectivity index (χ4v) is 3.65. The Hall–Kier alpha value is -1.31. The van der Waals surface area contributed by atoms with E-state index in [1.54, 1.807) is 37.4 Å². The molecule has 0 aromatic heterocycles. The molecule has 8 heteroatoms. The van der Waals surface area contributed by atoms with Gasteiger partial charge in [-0.2, -0.15) is 11.8 Å². The van der Waals surface area contributed by atoms with E-state index in [1.807, 2.05) is 0 Å². The van der Waals surface area contributed by atoms with Gasteiger partial charge in [-0.25, -0.2) is 4.39 Å². The zero-order valence-corrected chi connectivity index (χ0v) is 16.0. The molecule has 1 aromatic carbocycles. The van der Waals surface area contributed by atoms with Crippen LogP contribution in [-0.4, -0.2) is 53.0 Å². The molecule has 1 saturated heterocycles. The smallest absolute Gasteiger partial charge is 0.324 e. The normalized spacial score (nSPS) is 18.7. The second-order valence-corrected chi connectivity index (χ2v) is 8.35. The van der Waals surface area contributed by atoms with Crippen molar-refractivity contribution < 1.29 is 18.7 Å². The lowest BCUT2D eigenvalue weighted by Gasteiger charge is -2.34. The number of hydrogen-bond donors (Lipinski definition) is 1. The summed E-state index contributed by atoms with van der Waals surface area (Å²) in [5.41, 5.74) is -0.561. The molecule has 0 aliphatic carbocycles. The molecule has 0 unspecified atom stereocenters. The van der Waals surface area contributed by atoms with Crippen molar-refractivity contribution in [2.75, 3.05) is 29.9 Å². The quantitative estimate of drug-likeness (QED) is 0.803. The summed E-state index contributed by atoms with van der Waals surface area (Å²) in [4.78, 5) is 26.4. The highest BCUT2D eigenvalue weighted by atomic mass is 35.5. The molecular formula is C17H22ClFN2O3S. The summed E-state index contributed by atoms with van der Waals surface area (Å²) in [5, 5.41) is 2.84. The fraction of sp³-hybridized carbons (Fsp3) is 0.529. The van der Waals surface area contributed by atoms with Crippen LogP contribution in [0.2, 0.25) is 5.02 Å². The first-order valence-electron chi connectivity index (χ1n) is 7.95. The van der Waals surface area contributed by atoms with Crippen molar-refractivity contribution in [2.45, 2.75) is 32.4 Å². The Kier molecular flexibility index (Phi) is 6.71. The van der Waals surface area contributed by atoms with Gasteiger partial charge >= 0.3 is 5.97 Å². The molecule has 1 aromatic rings. The number of hydrogen-bond acceptors (Lipinski definition) is 5. The molecule has 138 valence electrons. The molecule has 2 rings (SSSR count). The molecular weight excluding hydrogens is 367 g/mol. The number of nitrogens with one attached hydrogen (secondary N) is 1. The van der Waals surface area contributed by atoms with Gasteiger partial charge in [0, 0.05) is 23.1 Å². The number of anilines is 1. The van der Waals surface area contributed by atoms with E-state index in [4.69, 9.17) is 16.3 Å². The van der Waals surface area contributed by atoms with Crippen LogP contribution in [0.5, 0.6) is 0 Å². The van der Waals surface area contributed by atoms with Crippen molar-refractivity contribution in [2.24, 2.45) is 0 Å². The Balaban J connectivity index is 2.01. The van der Waals surface area contributed by atoms with Crippen LogP contribution in [0.15, 0.2) is 18.2 Å². The SMILES string of the molecule is CC(C)(C)OC(=O)[C@H]1CSCCN1CC(=O)Nc1cc(Cl)ccc1F. The Morgan fingerprint density at radius 2 is 2.16 bits per heavy atom. The second kappa shape index (κ2) is 8.38. The molecule has 0 bridgehead atoms. The largest absolute Gasteiger partial charge is 0.459 e. The molecule has 1 amide bonds. The van der Waals surface area contributed by atoms with Gasteiger partial charge in [0.05, 0.1) is 12.2 Å². The molecule has 0 radical (unpaired) electrons. The molecule has 1 aliphatic rings. The number of thioether (sulfide) groups is 1. The van der Waals surface area contributed by atoms with Crippen LogP contribution in [0, 0.1) is 5.82 Å². The third-order valence-corrected chi connectivity index (χ3v) is 4.73. The molecule has 1 fully saturated rings. The highest BCUT2D eigenvalue weighted by Gasteiger charge is 2.33. The van der Waals surface area contributed by atoms with Crippen molar-refractivity contribution in [1.29, 1.82) is 0 Å². The standard InChI is InChI=1S/C17H22ClFN2O3S/c1-17(2,3)24-16(23)14-10-25-7-6-21(14)9-15(22)20-13-8-11(18)4-5-12(13)19/h4-5,8,14H,6-7,9-10H2,1-3H3,(H,20,22)/t14-/m1/s1. The first kappa shape index (κ1) is 20.0. The number of amides is 1. The molecule has 1 aliphatic heterocycles. The third-order valence-electron chi connectivity index (χ3n) is 3.47. The highest BCUT2D eigenvalue weighted by molar-refractivity contribution is 7.99. The van der Waals surface area contributed by atoms with Crippen LogP contribution in [0.1, 0.15) is 20.8 Å². The summed E-state index contributed by atoms with van der Waals surface area (Å²) in [6.07, 6.45) is 0. The van der Waals surface area contributed by atoms with Gasteiger partial charge in [0.25, 0.3) is 0 Å². The van der Waals surface area contributed by atoms with Gasteiger partial charge in [0.15, 0.2) is 0 Å². The van der Waals surface area contributed by atoms with E-state index >= 15 is 0 Å². The Morgan fingerprint density at radius 1 is 1.44 bits per heavy atom. The van der Waals surface area contributed by atoms with Crippen LogP contribution in [0.3, 0.4) is 0 Å². The average Bonchev–Trinajstić information content (AvgIpc) is 2.49. The van der Waals surface area contributed by atoms with Crippen molar-refractivity contribution >= 4 is 40.9 Å². The van der Waals surface area contributed by atoms with Crippen LogP contribution >= 0.6 is 23.4 Å². The third kappa shape index (κ3) is 6.17. The van der Waals surface area contributed by atoms with E-state index in [0.29, 0.717) is 17.3 Å². The highest BCUT2D eigenvalue weighted by Crippen LogP contribution is 2.22. The molecule has 25 heavy (non-hydrogen) atoms. The predicted octanol–water partition coefficient (Wildman–Crippen LogP) is 3.18. The summed E-state index contributed by atoms with van der Waals surface area (Å²) in [7, 11) is 0. The first-order chi connectivity index (χ1) is 11.7. The fourth-order valence-electron chi connectivity index (χ4n) is 2.38. The Morgan fingerprint density at radius 3 is 2.84 bits per heavy atom. The summed E-state index contributed by atoms with van der Waals surface area (Å²) in [6, 6.07) is 3.46. The number of halogens is 2. The lowest BCUT2D eigenvalue weighted by Crippen LogP contribution is -2.51. The summed E-state index contributed by atoms with van der Waals surface area (Å²) >= 11 is 7.47. The van der Waals surface area contributed by atoms with E-state index < -0.39 is 23.4 Å². The molecule has 1 heterocycles. The maximum absolute atomic E-state index is 13.7.